The predicted molar refractivity (Wildman–Crippen MR) is 117 cm³/mol. The van der Waals surface area contributed by atoms with E-state index in [1.54, 1.807) is 0 Å². The second-order valence-corrected chi connectivity index (χ2v) is 7.71. The maximum Gasteiger partial charge on any atom is 0.234 e. The monoisotopic (exact) mass is 406 g/mol. The highest BCUT2D eigenvalue weighted by Crippen LogP contribution is 2.28. The summed E-state index contributed by atoms with van der Waals surface area (Å²) in [4.78, 5) is 12.4. The van der Waals surface area contributed by atoms with Gasteiger partial charge in [-0.15, -0.1) is 10.2 Å². The molecule has 0 bridgehead atoms. The number of benzene rings is 2. The van der Waals surface area contributed by atoms with Gasteiger partial charge in [0.25, 0.3) is 0 Å². The average Bonchev–Trinajstić information content (AvgIpc) is 3.11. The molecule has 0 radical (unpaired) electrons. The minimum absolute atomic E-state index is 0.0935. The minimum atomic E-state index is -0.0935. The van der Waals surface area contributed by atoms with E-state index in [0.717, 1.165) is 39.1 Å². The number of pyridine rings is 1. The predicted octanol–water partition coefficient (Wildman–Crippen LogP) is 4.63. The lowest BCUT2D eigenvalue weighted by Crippen LogP contribution is -2.14. The number of anilines is 1. The molecule has 2 heterocycles. The van der Waals surface area contributed by atoms with E-state index < -0.39 is 0 Å². The number of para-hydroxylation sites is 1. The van der Waals surface area contributed by atoms with Crippen molar-refractivity contribution in [1.82, 2.24) is 14.6 Å². The molecule has 0 saturated heterocycles. The van der Waals surface area contributed by atoms with Crippen LogP contribution in [0.2, 0.25) is 0 Å². The van der Waals surface area contributed by atoms with Crippen molar-refractivity contribution in [3.8, 4) is 5.75 Å². The van der Waals surface area contributed by atoms with E-state index in [0.29, 0.717) is 11.8 Å². The van der Waals surface area contributed by atoms with Crippen molar-refractivity contribution in [1.29, 1.82) is 0 Å². The fraction of sp³-hybridized carbons (Fsp3) is 0.227. The lowest BCUT2D eigenvalue weighted by atomic mass is 10.1. The number of aromatic nitrogens is 3. The highest BCUT2D eigenvalue weighted by Gasteiger charge is 2.14. The highest BCUT2D eigenvalue weighted by molar-refractivity contribution is 7.99. The van der Waals surface area contributed by atoms with Crippen LogP contribution in [0.4, 0.5) is 5.69 Å². The van der Waals surface area contributed by atoms with Crippen molar-refractivity contribution >= 4 is 39.9 Å². The van der Waals surface area contributed by atoms with Crippen LogP contribution < -0.4 is 10.1 Å². The molecule has 0 fully saturated rings. The highest BCUT2D eigenvalue weighted by atomic mass is 32.2. The van der Waals surface area contributed by atoms with Crippen molar-refractivity contribution in [2.45, 2.75) is 25.9 Å². The fourth-order valence-electron chi connectivity index (χ4n) is 3.35. The molecule has 1 N–H and O–H groups in total. The van der Waals surface area contributed by atoms with Crippen LogP contribution in [0, 0.1) is 13.8 Å². The molecular formula is C22H22N4O2S. The van der Waals surface area contributed by atoms with Crippen LogP contribution in [0.3, 0.4) is 0 Å². The zero-order valence-electron chi connectivity index (χ0n) is 16.6. The Morgan fingerprint density at radius 2 is 1.90 bits per heavy atom. The lowest BCUT2D eigenvalue weighted by Gasteiger charge is -2.10. The first-order chi connectivity index (χ1) is 14.1. The Morgan fingerprint density at radius 1 is 1.10 bits per heavy atom. The van der Waals surface area contributed by atoms with Gasteiger partial charge in [-0.05, 0) is 62.2 Å². The number of nitrogens with one attached hydrogen (secondary N) is 1. The zero-order valence-corrected chi connectivity index (χ0v) is 17.4. The quantitative estimate of drug-likeness (QED) is 0.473. The fourth-order valence-corrected chi connectivity index (χ4v) is 4.10. The summed E-state index contributed by atoms with van der Waals surface area (Å²) in [6.07, 6.45) is 0. The number of hydrogen-bond acceptors (Lipinski definition) is 5. The van der Waals surface area contributed by atoms with E-state index in [1.807, 2.05) is 41.7 Å². The summed E-state index contributed by atoms with van der Waals surface area (Å²) in [5, 5.41) is 13.4. The third-order valence-electron chi connectivity index (χ3n) is 4.67. The van der Waals surface area contributed by atoms with Gasteiger partial charge in [0.1, 0.15) is 5.75 Å². The number of hydrogen-bond donors (Lipinski definition) is 1. The maximum absolute atomic E-state index is 12.4. The Hall–Kier alpha value is -3.06. The molecule has 0 aliphatic carbocycles. The zero-order chi connectivity index (χ0) is 20.4. The number of thioether (sulfide) groups is 1. The standard InChI is InChI=1S/C22H22N4O2S/c1-4-28-17-10-8-16(9-11-17)23-20(27)13-29-22-25-24-19-12-15(3)18-7-5-6-14(2)21(18)26(19)22/h5-12H,4,13H2,1-3H3,(H,23,27). The molecule has 0 atom stereocenters. The molecule has 4 rings (SSSR count). The van der Waals surface area contributed by atoms with Crippen LogP contribution >= 0.6 is 11.8 Å². The Kier molecular flexibility index (Phi) is 5.40. The molecule has 0 unspecified atom stereocenters. The molecule has 29 heavy (non-hydrogen) atoms. The third-order valence-corrected chi connectivity index (χ3v) is 5.60. The van der Waals surface area contributed by atoms with Crippen molar-refractivity contribution < 1.29 is 9.53 Å². The van der Waals surface area contributed by atoms with E-state index in [4.69, 9.17) is 4.74 Å². The molecule has 6 nitrogen and oxygen atoms in total. The molecule has 7 heteroatoms. The molecule has 4 aromatic rings. The van der Waals surface area contributed by atoms with Crippen molar-refractivity contribution in [2.75, 3.05) is 17.7 Å². The smallest absolute Gasteiger partial charge is 0.234 e. The number of aryl methyl sites for hydroxylation is 2. The molecule has 1 amide bonds. The van der Waals surface area contributed by atoms with E-state index in [9.17, 15) is 4.79 Å². The van der Waals surface area contributed by atoms with E-state index in [-0.39, 0.29) is 11.7 Å². The molecule has 0 spiro atoms. The van der Waals surface area contributed by atoms with E-state index in [2.05, 4.69) is 47.6 Å². The topological polar surface area (TPSA) is 68.5 Å². The van der Waals surface area contributed by atoms with Crippen LogP contribution in [-0.2, 0) is 4.79 Å². The SMILES string of the molecule is CCOc1ccc(NC(=O)CSc2nnc3cc(C)c4cccc(C)c4n23)cc1. The molecule has 0 aliphatic rings. The number of ether oxygens (including phenoxy) is 1. The summed E-state index contributed by atoms with van der Waals surface area (Å²) < 4.78 is 7.46. The second-order valence-electron chi connectivity index (χ2n) is 6.77. The van der Waals surface area contributed by atoms with E-state index >= 15 is 0 Å². The van der Waals surface area contributed by atoms with Crippen molar-refractivity contribution in [3.05, 3.63) is 59.7 Å². The van der Waals surface area contributed by atoms with E-state index in [1.165, 1.54) is 11.8 Å². The first-order valence-corrected chi connectivity index (χ1v) is 10.4. The van der Waals surface area contributed by atoms with Gasteiger partial charge < -0.3 is 10.1 Å². The average molecular weight is 407 g/mol. The second kappa shape index (κ2) is 8.13. The van der Waals surface area contributed by atoms with Crippen LogP contribution in [0.5, 0.6) is 5.75 Å². The number of rotatable bonds is 6. The Bertz CT molecular complexity index is 1190. The van der Waals surface area contributed by atoms with Crippen molar-refractivity contribution in [2.24, 2.45) is 0 Å². The number of carbonyl (C=O) groups excluding carboxylic acids is 1. The van der Waals surface area contributed by atoms with Crippen LogP contribution in [-0.4, -0.2) is 32.9 Å². The summed E-state index contributed by atoms with van der Waals surface area (Å²) in [7, 11) is 0. The molecule has 2 aromatic carbocycles. The van der Waals surface area contributed by atoms with Crippen LogP contribution in [0.15, 0.2) is 53.7 Å². The van der Waals surface area contributed by atoms with Gasteiger partial charge in [0, 0.05) is 11.1 Å². The largest absolute Gasteiger partial charge is 0.494 e. The number of amides is 1. The summed E-state index contributed by atoms with van der Waals surface area (Å²) in [6, 6.07) is 15.6. The molecular weight excluding hydrogens is 384 g/mol. The summed E-state index contributed by atoms with van der Waals surface area (Å²) >= 11 is 1.38. The van der Waals surface area contributed by atoms with Crippen LogP contribution in [0.25, 0.3) is 16.6 Å². The van der Waals surface area contributed by atoms with Gasteiger partial charge in [0.2, 0.25) is 5.91 Å². The first kappa shape index (κ1) is 19.3. The Labute approximate surface area is 173 Å². The summed E-state index contributed by atoms with van der Waals surface area (Å²) in [6.45, 7) is 6.71. The first-order valence-electron chi connectivity index (χ1n) is 9.46. The van der Waals surface area contributed by atoms with Crippen molar-refractivity contribution in [3.63, 3.8) is 0 Å². The summed E-state index contributed by atoms with van der Waals surface area (Å²) in [5.74, 6) is 0.936. The van der Waals surface area contributed by atoms with Gasteiger partial charge in [0.05, 0.1) is 17.9 Å². The number of nitrogens with zero attached hydrogens (tertiary/aromatic N) is 3. The number of carbonyl (C=O) groups is 1. The van der Waals surface area contributed by atoms with Gasteiger partial charge in [-0.3, -0.25) is 9.20 Å². The maximum atomic E-state index is 12.4. The third kappa shape index (κ3) is 3.91. The van der Waals surface area contributed by atoms with Gasteiger partial charge in [0.15, 0.2) is 10.8 Å². The minimum Gasteiger partial charge on any atom is -0.494 e. The van der Waals surface area contributed by atoms with Gasteiger partial charge in [-0.25, -0.2) is 0 Å². The number of fused-ring (bicyclic) bond motifs is 3. The van der Waals surface area contributed by atoms with Gasteiger partial charge in [-0.2, -0.15) is 0 Å². The van der Waals surface area contributed by atoms with Gasteiger partial charge in [-0.1, -0.05) is 30.0 Å². The molecule has 0 saturated carbocycles. The Morgan fingerprint density at radius 3 is 2.66 bits per heavy atom. The molecule has 148 valence electrons. The Balaban J connectivity index is 1.53. The molecule has 2 aromatic heterocycles. The summed E-state index contributed by atoms with van der Waals surface area (Å²) in [5.41, 5.74) is 4.92. The van der Waals surface area contributed by atoms with Crippen LogP contribution in [0.1, 0.15) is 18.1 Å². The van der Waals surface area contributed by atoms with Gasteiger partial charge >= 0.3 is 0 Å². The molecule has 0 aliphatic heterocycles. The normalized spacial score (nSPS) is 11.1. The lowest BCUT2D eigenvalue weighted by molar-refractivity contribution is -0.113.